The van der Waals surface area contributed by atoms with Gasteiger partial charge in [-0.05, 0) is 128 Å². The third-order valence-electron chi connectivity index (χ3n) is 11.8. The van der Waals surface area contributed by atoms with E-state index >= 15 is 0 Å². The first kappa shape index (κ1) is 28.4. The number of methoxy groups -OCH3 is 1. The highest BCUT2D eigenvalue weighted by atomic mass is 16.5. The van der Waals surface area contributed by atoms with E-state index in [4.69, 9.17) is 4.74 Å². The van der Waals surface area contributed by atoms with Crippen LogP contribution in [0.4, 0.5) is 0 Å². The molecule has 0 bridgehead atoms. The SMILES string of the molecule is COc1cc(/C=N\NC(=O)CC[C@@H](C)[C@H]2CC[C@H]3[C@@H]4[C@@H](O)C[C@H]5C[C@@H](O)CC[C@]5(C)[C@H]4CC[C@]23C)ccc1O. The summed E-state index contributed by atoms with van der Waals surface area (Å²) in [5.41, 5.74) is 3.84. The molecule has 7 heteroatoms. The molecule has 0 spiro atoms. The van der Waals surface area contributed by atoms with Gasteiger partial charge in [0.2, 0.25) is 5.91 Å². The second-order valence-corrected chi connectivity index (χ2v) is 13.7. The first-order chi connectivity index (χ1) is 18.6. The van der Waals surface area contributed by atoms with Crippen LogP contribution in [0, 0.1) is 46.3 Å². The number of carbonyl (C=O) groups excluding carboxylic acids is 1. The molecule has 4 saturated carbocycles. The van der Waals surface area contributed by atoms with Crippen LogP contribution in [0.3, 0.4) is 0 Å². The van der Waals surface area contributed by atoms with E-state index in [0.717, 1.165) is 37.7 Å². The average molecular weight is 541 g/mol. The molecule has 4 N–H and O–H groups in total. The number of nitrogens with one attached hydrogen (secondary N) is 1. The molecule has 1 amide bonds. The number of aliphatic hydroxyl groups excluding tert-OH is 2. The number of aliphatic hydroxyl groups is 2. The van der Waals surface area contributed by atoms with E-state index in [1.165, 1.54) is 38.9 Å². The monoisotopic (exact) mass is 540 g/mol. The predicted molar refractivity (Wildman–Crippen MR) is 151 cm³/mol. The van der Waals surface area contributed by atoms with Crippen molar-refractivity contribution in [1.82, 2.24) is 5.43 Å². The maximum absolute atomic E-state index is 12.6. The van der Waals surface area contributed by atoms with Crippen LogP contribution in [0.15, 0.2) is 23.3 Å². The Hall–Kier alpha value is -2.12. The molecule has 0 heterocycles. The summed E-state index contributed by atoms with van der Waals surface area (Å²) >= 11 is 0. The number of aromatic hydroxyl groups is 1. The number of benzene rings is 1. The van der Waals surface area contributed by atoms with E-state index in [1.54, 1.807) is 18.3 Å². The maximum Gasteiger partial charge on any atom is 0.240 e. The molecule has 0 unspecified atom stereocenters. The van der Waals surface area contributed by atoms with Gasteiger partial charge in [0.25, 0.3) is 0 Å². The number of rotatable bonds is 7. The van der Waals surface area contributed by atoms with E-state index in [1.807, 2.05) is 0 Å². The number of hydrogen-bond donors (Lipinski definition) is 4. The van der Waals surface area contributed by atoms with Gasteiger partial charge in [0.1, 0.15) is 0 Å². The van der Waals surface area contributed by atoms with Crippen molar-refractivity contribution in [3.8, 4) is 11.5 Å². The maximum atomic E-state index is 12.6. The van der Waals surface area contributed by atoms with E-state index in [2.05, 4.69) is 31.3 Å². The number of nitrogens with zero attached hydrogens (tertiary/aromatic N) is 1. The zero-order valence-electron chi connectivity index (χ0n) is 24.1. The molecule has 0 radical (unpaired) electrons. The second kappa shape index (κ2) is 11.0. The van der Waals surface area contributed by atoms with Crippen molar-refractivity contribution >= 4 is 12.1 Å². The first-order valence-electron chi connectivity index (χ1n) is 15.1. The molecule has 1 aromatic carbocycles. The Morgan fingerprint density at radius 1 is 1.13 bits per heavy atom. The molecule has 4 fully saturated rings. The second-order valence-electron chi connectivity index (χ2n) is 13.7. The third kappa shape index (κ3) is 5.21. The van der Waals surface area contributed by atoms with Crippen molar-refractivity contribution in [1.29, 1.82) is 0 Å². The normalized spacial score (nSPS) is 40.4. The van der Waals surface area contributed by atoms with E-state index < -0.39 is 0 Å². The van der Waals surface area contributed by atoms with Crippen LogP contribution in [0.25, 0.3) is 0 Å². The molecule has 7 nitrogen and oxygen atoms in total. The minimum atomic E-state index is -0.255. The van der Waals surface area contributed by atoms with Gasteiger partial charge in [-0.25, -0.2) is 5.43 Å². The molecule has 0 aliphatic heterocycles. The van der Waals surface area contributed by atoms with Gasteiger partial charge in [-0.2, -0.15) is 5.10 Å². The van der Waals surface area contributed by atoms with Crippen LogP contribution in [0.1, 0.15) is 90.5 Å². The summed E-state index contributed by atoms with van der Waals surface area (Å²) in [5.74, 6) is 3.25. The van der Waals surface area contributed by atoms with E-state index in [0.29, 0.717) is 47.7 Å². The fraction of sp³-hybridized carbons (Fsp3) is 0.750. The fourth-order valence-corrected chi connectivity index (χ4v) is 9.74. The summed E-state index contributed by atoms with van der Waals surface area (Å²) in [5, 5.41) is 35.6. The summed E-state index contributed by atoms with van der Waals surface area (Å²) in [6.45, 7) is 7.25. The minimum absolute atomic E-state index is 0.0641. The Morgan fingerprint density at radius 2 is 1.87 bits per heavy atom. The van der Waals surface area contributed by atoms with Gasteiger partial charge in [0, 0.05) is 6.42 Å². The zero-order chi connectivity index (χ0) is 27.9. The van der Waals surface area contributed by atoms with Crippen LogP contribution in [0.2, 0.25) is 0 Å². The number of amides is 1. The Balaban J connectivity index is 1.18. The van der Waals surface area contributed by atoms with Crippen LogP contribution < -0.4 is 10.2 Å². The summed E-state index contributed by atoms with van der Waals surface area (Å²) in [4.78, 5) is 12.6. The first-order valence-corrected chi connectivity index (χ1v) is 15.1. The molecule has 5 rings (SSSR count). The van der Waals surface area contributed by atoms with Crippen molar-refractivity contribution < 1.29 is 24.9 Å². The molecule has 1 aromatic rings. The quantitative estimate of drug-likeness (QED) is 0.279. The Labute approximate surface area is 233 Å². The fourth-order valence-electron chi connectivity index (χ4n) is 9.74. The third-order valence-corrected chi connectivity index (χ3v) is 11.8. The van der Waals surface area contributed by atoms with Crippen molar-refractivity contribution in [3.05, 3.63) is 23.8 Å². The molecule has 39 heavy (non-hydrogen) atoms. The number of fused-ring (bicyclic) bond motifs is 5. The molecule has 4 aliphatic carbocycles. The average Bonchev–Trinajstić information content (AvgIpc) is 3.26. The van der Waals surface area contributed by atoms with Crippen molar-refractivity contribution in [2.24, 2.45) is 51.4 Å². The Kier molecular flexibility index (Phi) is 8.04. The summed E-state index contributed by atoms with van der Waals surface area (Å²) < 4.78 is 5.12. The lowest BCUT2D eigenvalue weighted by atomic mass is 9.43. The van der Waals surface area contributed by atoms with Gasteiger partial charge < -0.3 is 20.1 Å². The summed E-state index contributed by atoms with van der Waals surface area (Å²) in [7, 11) is 1.49. The highest BCUT2D eigenvalue weighted by Gasteiger charge is 2.62. The van der Waals surface area contributed by atoms with Crippen molar-refractivity contribution in [3.63, 3.8) is 0 Å². The van der Waals surface area contributed by atoms with Crippen LogP contribution >= 0.6 is 0 Å². The smallest absolute Gasteiger partial charge is 0.240 e. The van der Waals surface area contributed by atoms with Gasteiger partial charge in [0.05, 0.1) is 25.5 Å². The van der Waals surface area contributed by atoms with Crippen molar-refractivity contribution in [2.75, 3.05) is 7.11 Å². The zero-order valence-corrected chi connectivity index (χ0v) is 24.1. The van der Waals surface area contributed by atoms with Crippen LogP contribution in [-0.4, -0.2) is 46.8 Å². The molecule has 216 valence electrons. The summed E-state index contributed by atoms with van der Waals surface area (Å²) in [6, 6.07) is 4.92. The number of carbonyl (C=O) groups is 1. The Bertz CT molecular complexity index is 1080. The molecule has 0 aromatic heterocycles. The standard InChI is InChI=1S/C32H48N2O5/c1-19(5-10-29(38)34-33-18-20-6-9-26(36)28(15-20)39-4)23-7-8-24-30-25(12-14-32(23,24)3)31(2)13-11-22(35)16-21(31)17-27(30)37/h6,9,15,18-19,21-25,27,30,35-37H,5,7-8,10-14,16-17H2,1-4H3,(H,34,38)/b33-18-/t19-,21-,22+,23-,24+,25+,27+,30+,31+,32-/m1/s1. The molecule has 10 atom stereocenters. The highest BCUT2D eigenvalue weighted by Crippen LogP contribution is 2.68. The number of ether oxygens (including phenoxy) is 1. The van der Waals surface area contributed by atoms with Gasteiger partial charge in [-0.1, -0.05) is 20.8 Å². The number of phenolic OH excluding ortho intramolecular Hbond substituents is 1. The molecule has 4 aliphatic rings. The number of hydrogen-bond acceptors (Lipinski definition) is 6. The van der Waals surface area contributed by atoms with Gasteiger partial charge in [-0.15, -0.1) is 0 Å². The summed E-state index contributed by atoms with van der Waals surface area (Å²) in [6.07, 6.45) is 10.8. The lowest BCUT2D eigenvalue weighted by molar-refractivity contribution is -0.174. The van der Waals surface area contributed by atoms with Gasteiger partial charge in [0.15, 0.2) is 11.5 Å². The van der Waals surface area contributed by atoms with Gasteiger partial charge >= 0.3 is 0 Å². The van der Waals surface area contributed by atoms with E-state index in [9.17, 15) is 20.1 Å². The topological polar surface area (TPSA) is 111 Å². The van der Waals surface area contributed by atoms with Crippen molar-refractivity contribution in [2.45, 2.75) is 97.2 Å². The Morgan fingerprint density at radius 3 is 2.64 bits per heavy atom. The van der Waals surface area contributed by atoms with Gasteiger partial charge in [-0.3, -0.25) is 4.79 Å². The lowest BCUT2D eigenvalue weighted by Crippen LogP contribution is -2.58. The van der Waals surface area contributed by atoms with Crippen LogP contribution in [0.5, 0.6) is 11.5 Å². The minimum Gasteiger partial charge on any atom is -0.504 e. The molecule has 0 saturated heterocycles. The molecular weight excluding hydrogens is 492 g/mol. The van der Waals surface area contributed by atoms with Crippen LogP contribution in [-0.2, 0) is 4.79 Å². The predicted octanol–water partition coefficient (Wildman–Crippen LogP) is 5.26. The highest BCUT2D eigenvalue weighted by molar-refractivity contribution is 5.83. The van der Waals surface area contributed by atoms with E-state index in [-0.39, 0.29) is 34.7 Å². The largest absolute Gasteiger partial charge is 0.504 e. The molecular formula is C32H48N2O5. The number of phenols is 1. The number of hydrazone groups is 1. The lowest BCUT2D eigenvalue weighted by Gasteiger charge is -2.62.